The molecule has 1 aliphatic carbocycles. The van der Waals surface area contributed by atoms with E-state index in [9.17, 15) is 4.79 Å². The van der Waals surface area contributed by atoms with Gasteiger partial charge in [-0.3, -0.25) is 4.79 Å². The fourth-order valence-electron chi connectivity index (χ4n) is 3.05. The average Bonchev–Trinajstić information content (AvgIpc) is 2.71. The molecule has 0 spiro atoms. The van der Waals surface area contributed by atoms with Gasteiger partial charge < -0.3 is 10.4 Å². The number of hydrogen-bond acceptors (Lipinski definition) is 2. The molecule has 1 aliphatic heterocycles. The Bertz CT molecular complexity index is 224. The van der Waals surface area contributed by atoms with Crippen LogP contribution in [0, 0.1) is 5.92 Å². The molecule has 0 aromatic carbocycles. The average molecular weight is 211 g/mol. The first-order valence-electron chi connectivity index (χ1n) is 6.24. The molecule has 3 heteroatoms. The lowest BCUT2D eigenvalue weighted by Crippen LogP contribution is -2.47. The third-order valence-corrected chi connectivity index (χ3v) is 3.87. The molecule has 2 rings (SSSR count). The molecule has 3 nitrogen and oxygen atoms in total. The molecule has 2 fully saturated rings. The first-order valence-corrected chi connectivity index (χ1v) is 6.24. The molecule has 2 N–H and O–H groups in total. The largest absolute Gasteiger partial charge is 0.480 e. The van der Waals surface area contributed by atoms with E-state index >= 15 is 0 Å². The van der Waals surface area contributed by atoms with Crippen LogP contribution < -0.4 is 5.32 Å². The number of rotatable bonds is 3. The molecule has 0 radical (unpaired) electrons. The Hall–Kier alpha value is -0.570. The SMILES string of the molecule is O=C(O)C1CCCC(CC2CCCC2)N1. The van der Waals surface area contributed by atoms with Gasteiger partial charge in [-0.2, -0.15) is 0 Å². The van der Waals surface area contributed by atoms with Crippen molar-refractivity contribution in [3.63, 3.8) is 0 Å². The van der Waals surface area contributed by atoms with Gasteiger partial charge in [0.05, 0.1) is 0 Å². The van der Waals surface area contributed by atoms with Crippen LogP contribution in [0.3, 0.4) is 0 Å². The van der Waals surface area contributed by atoms with E-state index in [0.29, 0.717) is 6.04 Å². The van der Waals surface area contributed by atoms with Crippen LogP contribution in [0.15, 0.2) is 0 Å². The van der Waals surface area contributed by atoms with Crippen molar-refractivity contribution in [2.24, 2.45) is 5.92 Å². The van der Waals surface area contributed by atoms with E-state index in [1.165, 1.54) is 38.5 Å². The van der Waals surface area contributed by atoms with Crippen LogP contribution in [0.5, 0.6) is 0 Å². The van der Waals surface area contributed by atoms with Crippen molar-refractivity contribution in [3.05, 3.63) is 0 Å². The summed E-state index contributed by atoms with van der Waals surface area (Å²) in [6, 6.07) is 0.174. The van der Waals surface area contributed by atoms with Crippen molar-refractivity contribution in [3.8, 4) is 0 Å². The van der Waals surface area contributed by atoms with Crippen molar-refractivity contribution in [2.45, 2.75) is 63.5 Å². The van der Waals surface area contributed by atoms with E-state index in [2.05, 4.69) is 5.32 Å². The Morgan fingerprint density at radius 2 is 1.87 bits per heavy atom. The molecule has 0 aromatic rings. The first-order chi connectivity index (χ1) is 7.25. The monoisotopic (exact) mass is 211 g/mol. The lowest BCUT2D eigenvalue weighted by molar-refractivity contribution is -0.140. The second-order valence-electron chi connectivity index (χ2n) is 5.07. The number of piperidine rings is 1. The van der Waals surface area contributed by atoms with E-state index in [-0.39, 0.29) is 6.04 Å². The van der Waals surface area contributed by atoms with Crippen molar-refractivity contribution < 1.29 is 9.90 Å². The maximum absolute atomic E-state index is 10.9. The second kappa shape index (κ2) is 4.97. The van der Waals surface area contributed by atoms with Gasteiger partial charge in [0.25, 0.3) is 0 Å². The van der Waals surface area contributed by atoms with Crippen LogP contribution in [0.4, 0.5) is 0 Å². The zero-order chi connectivity index (χ0) is 10.7. The Balaban J connectivity index is 1.79. The standard InChI is InChI=1S/C12H21NO2/c14-12(15)11-7-3-6-10(13-11)8-9-4-1-2-5-9/h9-11,13H,1-8H2,(H,14,15). The molecule has 1 saturated carbocycles. The number of carbonyl (C=O) groups is 1. The molecular weight excluding hydrogens is 190 g/mol. The van der Waals surface area contributed by atoms with Crippen LogP contribution in [0.1, 0.15) is 51.4 Å². The molecule has 86 valence electrons. The maximum Gasteiger partial charge on any atom is 0.320 e. The van der Waals surface area contributed by atoms with Crippen molar-refractivity contribution in [1.29, 1.82) is 0 Å². The normalized spacial score (nSPS) is 33.1. The zero-order valence-electron chi connectivity index (χ0n) is 9.24. The molecule has 2 unspecified atom stereocenters. The number of carboxylic acids is 1. The van der Waals surface area contributed by atoms with Gasteiger partial charge in [-0.15, -0.1) is 0 Å². The molecule has 15 heavy (non-hydrogen) atoms. The minimum absolute atomic E-state index is 0.287. The van der Waals surface area contributed by atoms with E-state index in [4.69, 9.17) is 5.11 Å². The summed E-state index contributed by atoms with van der Waals surface area (Å²) in [6.45, 7) is 0. The van der Waals surface area contributed by atoms with Gasteiger partial charge in [0.1, 0.15) is 6.04 Å². The van der Waals surface area contributed by atoms with Gasteiger partial charge in [0.15, 0.2) is 0 Å². The highest BCUT2D eigenvalue weighted by Gasteiger charge is 2.28. The number of hydrogen-bond donors (Lipinski definition) is 2. The number of aliphatic carboxylic acids is 1. The van der Waals surface area contributed by atoms with E-state index in [1.807, 2.05) is 0 Å². The summed E-state index contributed by atoms with van der Waals surface area (Å²) in [5.41, 5.74) is 0. The number of carboxylic acid groups (broad SMARTS) is 1. The van der Waals surface area contributed by atoms with Crippen LogP contribution in [-0.4, -0.2) is 23.2 Å². The van der Waals surface area contributed by atoms with Crippen LogP contribution in [-0.2, 0) is 4.79 Å². The Kier molecular flexibility index (Phi) is 3.62. The summed E-state index contributed by atoms with van der Waals surface area (Å²) >= 11 is 0. The number of nitrogens with one attached hydrogen (secondary N) is 1. The summed E-state index contributed by atoms with van der Waals surface area (Å²) in [4.78, 5) is 10.9. The third kappa shape index (κ3) is 2.94. The highest BCUT2D eigenvalue weighted by molar-refractivity contribution is 5.73. The quantitative estimate of drug-likeness (QED) is 0.752. The Labute approximate surface area is 91.2 Å². The second-order valence-corrected chi connectivity index (χ2v) is 5.07. The Morgan fingerprint density at radius 3 is 2.53 bits per heavy atom. The van der Waals surface area contributed by atoms with Gasteiger partial charge in [0.2, 0.25) is 0 Å². The van der Waals surface area contributed by atoms with Gasteiger partial charge in [0, 0.05) is 6.04 Å². The fourth-order valence-corrected chi connectivity index (χ4v) is 3.05. The van der Waals surface area contributed by atoms with E-state index in [1.54, 1.807) is 0 Å². The molecule has 1 saturated heterocycles. The Morgan fingerprint density at radius 1 is 1.13 bits per heavy atom. The van der Waals surface area contributed by atoms with Gasteiger partial charge in [-0.1, -0.05) is 25.7 Å². The predicted molar refractivity (Wildman–Crippen MR) is 58.8 cm³/mol. The molecule has 2 atom stereocenters. The maximum atomic E-state index is 10.9. The summed E-state index contributed by atoms with van der Waals surface area (Å²) in [7, 11) is 0. The summed E-state index contributed by atoms with van der Waals surface area (Å²) in [6.07, 6.45) is 9.70. The first kappa shape index (κ1) is 10.9. The summed E-state index contributed by atoms with van der Waals surface area (Å²) in [5.74, 6) is 0.182. The van der Waals surface area contributed by atoms with Crippen molar-refractivity contribution >= 4 is 5.97 Å². The molecule has 0 aromatic heterocycles. The van der Waals surface area contributed by atoms with Crippen LogP contribution in [0.25, 0.3) is 0 Å². The van der Waals surface area contributed by atoms with Gasteiger partial charge >= 0.3 is 5.97 Å². The lowest BCUT2D eigenvalue weighted by atomic mass is 9.90. The van der Waals surface area contributed by atoms with E-state index < -0.39 is 5.97 Å². The van der Waals surface area contributed by atoms with Crippen LogP contribution in [0.2, 0.25) is 0 Å². The predicted octanol–water partition coefficient (Wildman–Crippen LogP) is 2.16. The highest BCUT2D eigenvalue weighted by Crippen LogP contribution is 2.30. The third-order valence-electron chi connectivity index (χ3n) is 3.87. The van der Waals surface area contributed by atoms with Crippen molar-refractivity contribution in [1.82, 2.24) is 5.32 Å². The van der Waals surface area contributed by atoms with Crippen LogP contribution >= 0.6 is 0 Å². The van der Waals surface area contributed by atoms with E-state index in [0.717, 1.165) is 18.8 Å². The topological polar surface area (TPSA) is 49.3 Å². The minimum Gasteiger partial charge on any atom is -0.480 e. The summed E-state index contributed by atoms with van der Waals surface area (Å²) < 4.78 is 0. The molecule has 2 aliphatic rings. The van der Waals surface area contributed by atoms with Gasteiger partial charge in [-0.25, -0.2) is 0 Å². The lowest BCUT2D eigenvalue weighted by Gasteiger charge is -2.30. The van der Waals surface area contributed by atoms with Crippen molar-refractivity contribution in [2.75, 3.05) is 0 Å². The zero-order valence-corrected chi connectivity index (χ0v) is 9.24. The smallest absolute Gasteiger partial charge is 0.320 e. The molecule has 0 bridgehead atoms. The molecular formula is C12H21NO2. The molecule has 1 heterocycles. The minimum atomic E-state index is -0.675. The summed E-state index contributed by atoms with van der Waals surface area (Å²) in [5, 5.41) is 12.2. The van der Waals surface area contributed by atoms with Gasteiger partial charge in [-0.05, 0) is 31.6 Å². The molecule has 0 amide bonds. The highest BCUT2D eigenvalue weighted by atomic mass is 16.4. The fraction of sp³-hybridized carbons (Fsp3) is 0.917.